The molecule has 1 saturated carbocycles. The molecule has 0 saturated heterocycles. The fraction of sp³-hybridized carbons (Fsp3) is 0.400. The molecule has 31 heavy (non-hydrogen) atoms. The number of ether oxygens (including phenoxy) is 1. The molecule has 0 aliphatic heterocycles. The highest BCUT2D eigenvalue weighted by atomic mass is 16.5. The average Bonchev–Trinajstić information content (AvgIpc) is 3.47. The van der Waals surface area contributed by atoms with Crippen LogP contribution in [0.15, 0.2) is 54.7 Å². The minimum atomic E-state index is -0.164. The summed E-state index contributed by atoms with van der Waals surface area (Å²) in [4.78, 5) is 16.8. The molecule has 1 fully saturated rings. The number of rotatable bonds is 8. The van der Waals surface area contributed by atoms with E-state index in [2.05, 4.69) is 28.8 Å². The number of aromatic nitrogens is 3. The molecule has 3 aromatic rings. The third-order valence-electron chi connectivity index (χ3n) is 5.77. The standard InChI is InChI=1S/C25H30N4O2/c1-18(2)19-10-12-22(13-11-19)31-17-25(30)27-16-20-15-24(23-9-5-6-14-26-23)29(28-20)21-7-3-4-8-21/h5-6,9-15,18,21H,3-4,7-8,16-17H2,1-2H3,(H,27,30). The molecule has 0 bridgehead atoms. The van der Waals surface area contributed by atoms with Crippen molar-refractivity contribution in [3.63, 3.8) is 0 Å². The molecule has 2 aromatic heterocycles. The topological polar surface area (TPSA) is 69.0 Å². The third-order valence-corrected chi connectivity index (χ3v) is 5.77. The molecule has 1 N–H and O–H groups in total. The summed E-state index contributed by atoms with van der Waals surface area (Å²) in [7, 11) is 0. The van der Waals surface area contributed by atoms with E-state index in [1.807, 2.05) is 48.5 Å². The van der Waals surface area contributed by atoms with Crippen LogP contribution in [0.25, 0.3) is 11.4 Å². The fourth-order valence-electron chi connectivity index (χ4n) is 4.00. The van der Waals surface area contributed by atoms with Crippen LogP contribution in [0.3, 0.4) is 0 Å². The lowest BCUT2D eigenvalue weighted by Gasteiger charge is -2.13. The Morgan fingerprint density at radius 2 is 1.94 bits per heavy atom. The van der Waals surface area contributed by atoms with Crippen LogP contribution in [0.4, 0.5) is 0 Å². The van der Waals surface area contributed by atoms with Crippen molar-refractivity contribution in [2.45, 2.75) is 58.0 Å². The van der Waals surface area contributed by atoms with Crippen LogP contribution in [0.1, 0.15) is 62.7 Å². The van der Waals surface area contributed by atoms with Crippen molar-refractivity contribution in [1.29, 1.82) is 0 Å². The first-order chi connectivity index (χ1) is 15.1. The lowest BCUT2D eigenvalue weighted by molar-refractivity contribution is -0.123. The average molecular weight is 419 g/mol. The Balaban J connectivity index is 1.37. The lowest BCUT2D eigenvalue weighted by Crippen LogP contribution is -2.28. The summed E-state index contributed by atoms with van der Waals surface area (Å²) in [5.41, 5.74) is 4.01. The molecule has 1 aromatic carbocycles. The van der Waals surface area contributed by atoms with Gasteiger partial charge in [0.05, 0.1) is 29.7 Å². The minimum Gasteiger partial charge on any atom is -0.484 e. The van der Waals surface area contributed by atoms with Crippen molar-refractivity contribution >= 4 is 5.91 Å². The van der Waals surface area contributed by atoms with E-state index in [1.165, 1.54) is 18.4 Å². The maximum Gasteiger partial charge on any atom is 0.258 e. The van der Waals surface area contributed by atoms with Crippen LogP contribution in [0.2, 0.25) is 0 Å². The zero-order valence-corrected chi connectivity index (χ0v) is 18.3. The first-order valence-electron chi connectivity index (χ1n) is 11.1. The highest BCUT2D eigenvalue weighted by Crippen LogP contribution is 2.33. The zero-order chi connectivity index (χ0) is 21.6. The van der Waals surface area contributed by atoms with E-state index >= 15 is 0 Å². The van der Waals surface area contributed by atoms with Crippen molar-refractivity contribution in [1.82, 2.24) is 20.1 Å². The predicted molar refractivity (Wildman–Crippen MR) is 121 cm³/mol. The Morgan fingerprint density at radius 3 is 2.61 bits per heavy atom. The summed E-state index contributed by atoms with van der Waals surface area (Å²) < 4.78 is 7.72. The molecule has 162 valence electrons. The summed E-state index contributed by atoms with van der Waals surface area (Å²) in [6, 6.07) is 16.2. The second kappa shape index (κ2) is 9.77. The monoisotopic (exact) mass is 418 g/mol. The third kappa shape index (κ3) is 5.32. The maximum absolute atomic E-state index is 12.3. The predicted octanol–water partition coefficient (Wildman–Crippen LogP) is 4.88. The van der Waals surface area contributed by atoms with E-state index in [9.17, 15) is 4.79 Å². The molecule has 2 heterocycles. The number of nitrogens with zero attached hydrogens (tertiary/aromatic N) is 3. The van der Waals surface area contributed by atoms with Crippen LogP contribution >= 0.6 is 0 Å². The smallest absolute Gasteiger partial charge is 0.258 e. The molecule has 1 amide bonds. The molecular weight excluding hydrogens is 388 g/mol. The molecule has 4 rings (SSSR count). The van der Waals surface area contributed by atoms with Gasteiger partial charge in [-0.1, -0.05) is 44.9 Å². The molecule has 0 unspecified atom stereocenters. The maximum atomic E-state index is 12.3. The molecule has 1 aliphatic carbocycles. The normalized spacial score (nSPS) is 14.2. The number of amides is 1. The van der Waals surface area contributed by atoms with E-state index in [4.69, 9.17) is 9.84 Å². The van der Waals surface area contributed by atoms with E-state index in [-0.39, 0.29) is 12.5 Å². The number of carbonyl (C=O) groups excluding carboxylic acids is 1. The molecule has 6 nitrogen and oxygen atoms in total. The Morgan fingerprint density at radius 1 is 1.16 bits per heavy atom. The first kappa shape index (κ1) is 21.1. The summed E-state index contributed by atoms with van der Waals surface area (Å²) in [6.45, 7) is 4.65. The van der Waals surface area contributed by atoms with Crippen LogP contribution in [-0.4, -0.2) is 27.3 Å². The molecule has 0 radical (unpaired) electrons. The molecule has 0 atom stereocenters. The molecule has 1 aliphatic rings. The van der Waals surface area contributed by atoms with Gasteiger partial charge in [-0.25, -0.2) is 0 Å². The van der Waals surface area contributed by atoms with Crippen LogP contribution in [-0.2, 0) is 11.3 Å². The van der Waals surface area contributed by atoms with E-state index < -0.39 is 0 Å². The van der Waals surface area contributed by atoms with Gasteiger partial charge in [-0.2, -0.15) is 5.10 Å². The van der Waals surface area contributed by atoms with Gasteiger partial charge in [0.25, 0.3) is 5.91 Å². The van der Waals surface area contributed by atoms with Gasteiger partial charge in [0.15, 0.2) is 6.61 Å². The highest BCUT2D eigenvalue weighted by molar-refractivity contribution is 5.77. The number of hydrogen-bond donors (Lipinski definition) is 1. The Kier molecular flexibility index (Phi) is 6.65. The lowest BCUT2D eigenvalue weighted by atomic mass is 10.0. The number of benzene rings is 1. The van der Waals surface area contributed by atoms with Crippen molar-refractivity contribution in [3.05, 3.63) is 66.0 Å². The van der Waals surface area contributed by atoms with Crippen molar-refractivity contribution in [3.8, 4) is 17.1 Å². The van der Waals surface area contributed by atoms with Gasteiger partial charge in [-0.15, -0.1) is 0 Å². The summed E-state index contributed by atoms with van der Waals surface area (Å²) >= 11 is 0. The summed E-state index contributed by atoms with van der Waals surface area (Å²) in [5.74, 6) is 1.00. The van der Waals surface area contributed by atoms with Gasteiger partial charge in [-0.05, 0) is 54.7 Å². The quantitative estimate of drug-likeness (QED) is 0.566. The van der Waals surface area contributed by atoms with Crippen LogP contribution in [0, 0.1) is 0 Å². The SMILES string of the molecule is CC(C)c1ccc(OCC(=O)NCc2cc(-c3ccccn3)n(C3CCCC3)n2)cc1. The van der Waals surface area contributed by atoms with E-state index in [0.29, 0.717) is 24.3 Å². The zero-order valence-electron chi connectivity index (χ0n) is 18.3. The van der Waals surface area contributed by atoms with Crippen LogP contribution < -0.4 is 10.1 Å². The number of carbonyl (C=O) groups is 1. The highest BCUT2D eigenvalue weighted by Gasteiger charge is 2.22. The van der Waals surface area contributed by atoms with Gasteiger partial charge in [0.1, 0.15) is 5.75 Å². The Bertz CT molecular complexity index is 990. The second-order valence-corrected chi connectivity index (χ2v) is 8.41. The number of nitrogens with one attached hydrogen (secondary N) is 1. The van der Waals surface area contributed by atoms with E-state index in [1.54, 1.807) is 6.20 Å². The van der Waals surface area contributed by atoms with Crippen LogP contribution in [0.5, 0.6) is 5.75 Å². The van der Waals surface area contributed by atoms with Gasteiger partial charge in [-0.3, -0.25) is 14.5 Å². The molecule has 0 spiro atoms. The molecular formula is C25H30N4O2. The number of pyridine rings is 1. The Hall–Kier alpha value is -3.15. The first-order valence-corrected chi connectivity index (χ1v) is 11.1. The van der Waals surface area contributed by atoms with Crippen molar-refractivity contribution < 1.29 is 9.53 Å². The van der Waals surface area contributed by atoms with Gasteiger partial charge < -0.3 is 10.1 Å². The molecule has 6 heteroatoms. The van der Waals surface area contributed by atoms with Gasteiger partial charge in [0, 0.05) is 6.20 Å². The largest absolute Gasteiger partial charge is 0.484 e. The second-order valence-electron chi connectivity index (χ2n) is 8.41. The van der Waals surface area contributed by atoms with E-state index in [0.717, 1.165) is 29.9 Å². The minimum absolute atomic E-state index is 0.0164. The Labute approximate surface area is 183 Å². The summed E-state index contributed by atoms with van der Waals surface area (Å²) in [5, 5.41) is 7.73. The van der Waals surface area contributed by atoms with Gasteiger partial charge >= 0.3 is 0 Å². The van der Waals surface area contributed by atoms with Gasteiger partial charge in [0.2, 0.25) is 0 Å². The fourth-order valence-corrected chi connectivity index (χ4v) is 4.00. The number of hydrogen-bond acceptors (Lipinski definition) is 4. The van der Waals surface area contributed by atoms with Crippen molar-refractivity contribution in [2.24, 2.45) is 0 Å². The summed E-state index contributed by atoms with van der Waals surface area (Å²) in [6.07, 6.45) is 6.53. The van der Waals surface area contributed by atoms with Crippen molar-refractivity contribution in [2.75, 3.05) is 6.61 Å².